The van der Waals surface area contributed by atoms with E-state index in [9.17, 15) is 9.59 Å². The first kappa shape index (κ1) is 17.8. The summed E-state index contributed by atoms with van der Waals surface area (Å²) in [5.41, 5.74) is 2.41. The summed E-state index contributed by atoms with van der Waals surface area (Å²) in [4.78, 5) is 25.4. The van der Waals surface area contributed by atoms with Crippen molar-refractivity contribution in [3.63, 3.8) is 0 Å². The molecule has 3 aromatic rings. The van der Waals surface area contributed by atoms with E-state index >= 15 is 0 Å². The summed E-state index contributed by atoms with van der Waals surface area (Å²) in [5.74, 6) is -0.898. The van der Waals surface area contributed by atoms with E-state index in [0.29, 0.717) is 17.1 Å². The Balaban J connectivity index is 1.77. The molecular formula is C18H18N4O3S. The number of anilines is 1. The molecule has 0 bridgehead atoms. The number of carbonyl (C=O) groups is 2. The highest BCUT2D eigenvalue weighted by Gasteiger charge is 2.22. The molecule has 0 radical (unpaired) electrons. The summed E-state index contributed by atoms with van der Waals surface area (Å²) in [6.07, 6.45) is 1.58. The van der Waals surface area contributed by atoms with Crippen molar-refractivity contribution in [2.75, 3.05) is 12.4 Å². The molecule has 0 fully saturated rings. The number of amides is 1. The second-order valence-corrected chi connectivity index (χ2v) is 6.94. The number of aryl methyl sites for hydroxylation is 1. The summed E-state index contributed by atoms with van der Waals surface area (Å²) in [6.45, 7) is 4.23. The van der Waals surface area contributed by atoms with Crippen LogP contribution in [0.1, 0.15) is 36.9 Å². The van der Waals surface area contributed by atoms with Crippen molar-refractivity contribution >= 4 is 28.2 Å². The number of benzene rings is 1. The molecule has 2 aromatic heterocycles. The largest absolute Gasteiger partial charge is 0.465 e. The maximum absolute atomic E-state index is 12.5. The number of nitrogens with zero attached hydrogens (tertiary/aromatic N) is 3. The predicted molar refractivity (Wildman–Crippen MR) is 98.7 cm³/mol. The van der Waals surface area contributed by atoms with Crippen molar-refractivity contribution in [2.24, 2.45) is 0 Å². The number of carbonyl (C=O) groups excluding carboxylic acids is 2. The minimum atomic E-state index is -0.477. The van der Waals surface area contributed by atoms with Gasteiger partial charge < -0.3 is 10.1 Å². The molecule has 0 saturated carbocycles. The van der Waals surface area contributed by atoms with E-state index in [0.717, 1.165) is 16.0 Å². The van der Waals surface area contributed by atoms with Crippen molar-refractivity contribution in [3.05, 3.63) is 63.8 Å². The number of rotatable bonds is 5. The molecule has 0 aliphatic carbocycles. The van der Waals surface area contributed by atoms with Gasteiger partial charge in [-0.05, 0) is 25.0 Å². The van der Waals surface area contributed by atoms with Crippen LogP contribution in [-0.4, -0.2) is 34.0 Å². The van der Waals surface area contributed by atoms with Crippen LogP contribution in [0.4, 0.5) is 5.00 Å². The highest BCUT2D eigenvalue weighted by atomic mass is 32.1. The molecule has 0 unspecified atom stereocenters. The van der Waals surface area contributed by atoms with E-state index in [1.807, 2.05) is 44.2 Å². The van der Waals surface area contributed by atoms with Crippen LogP contribution in [0.2, 0.25) is 0 Å². The zero-order valence-electron chi connectivity index (χ0n) is 14.6. The van der Waals surface area contributed by atoms with Crippen LogP contribution in [0, 0.1) is 13.8 Å². The summed E-state index contributed by atoms with van der Waals surface area (Å²) in [5, 5.41) is 11.1. The Bertz CT molecular complexity index is 947. The number of hydrogen-bond donors (Lipinski definition) is 1. The monoisotopic (exact) mass is 370 g/mol. The lowest BCUT2D eigenvalue weighted by molar-refractivity contribution is 0.0601. The quantitative estimate of drug-likeness (QED) is 0.698. The van der Waals surface area contributed by atoms with Crippen LogP contribution < -0.4 is 5.32 Å². The van der Waals surface area contributed by atoms with E-state index in [1.54, 1.807) is 10.9 Å². The highest BCUT2D eigenvalue weighted by molar-refractivity contribution is 7.16. The molecule has 7 nitrogen and oxygen atoms in total. The second-order valence-electron chi connectivity index (χ2n) is 5.72. The first-order valence-corrected chi connectivity index (χ1v) is 8.75. The molecule has 0 spiro atoms. The van der Waals surface area contributed by atoms with Gasteiger partial charge in [-0.1, -0.05) is 35.5 Å². The smallest absolute Gasteiger partial charge is 0.341 e. The minimum Gasteiger partial charge on any atom is -0.465 e. The van der Waals surface area contributed by atoms with Gasteiger partial charge in [0.15, 0.2) is 5.69 Å². The van der Waals surface area contributed by atoms with Crippen molar-refractivity contribution in [3.8, 4) is 0 Å². The SMILES string of the molecule is COC(=O)c1c(NC(=O)c2cn(Cc3ccccc3)nn2)sc(C)c1C. The fourth-order valence-corrected chi connectivity index (χ4v) is 3.52. The average Bonchev–Trinajstić information content (AvgIpc) is 3.20. The Morgan fingerprint density at radius 3 is 2.65 bits per heavy atom. The Morgan fingerprint density at radius 1 is 1.23 bits per heavy atom. The standard InChI is InChI=1S/C18H18N4O3S/c1-11-12(2)26-17(15(11)18(24)25-3)19-16(23)14-10-22(21-20-14)9-13-7-5-4-6-8-13/h4-8,10H,9H2,1-3H3,(H,19,23). The van der Waals surface area contributed by atoms with Crippen LogP contribution in [0.25, 0.3) is 0 Å². The maximum atomic E-state index is 12.5. The molecule has 134 valence electrons. The van der Waals surface area contributed by atoms with Gasteiger partial charge in [-0.2, -0.15) is 0 Å². The molecule has 26 heavy (non-hydrogen) atoms. The molecule has 0 aliphatic rings. The lowest BCUT2D eigenvalue weighted by Crippen LogP contribution is -2.14. The van der Waals surface area contributed by atoms with Crippen molar-refractivity contribution in [1.82, 2.24) is 15.0 Å². The number of methoxy groups -OCH3 is 1. The average molecular weight is 370 g/mol. The Labute approximate surface area is 154 Å². The molecule has 3 rings (SSSR count). The molecule has 1 aromatic carbocycles. The third-order valence-corrected chi connectivity index (χ3v) is 5.08. The first-order valence-electron chi connectivity index (χ1n) is 7.93. The van der Waals surface area contributed by atoms with Gasteiger partial charge in [-0.15, -0.1) is 16.4 Å². The number of thiophene rings is 1. The van der Waals surface area contributed by atoms with E-state index < -0.39 is 11.9 Å². The molecule has 0 atom stereocenters. The lowest BCUT2D eigenvalue weighted by atomic mass is 10.1. The molecule has 0 saturated heterocycles. The van der Waals surface area contributed by atoms with Crippen molar-refractivity contribution < 1.29 is 14.3 Å². The van der Waals surface area contributed by atoms with Crippen LogP contribution in [0.15, 0.2) is 36.5 Å². The van der Waals surface area contributed by atoms with Gasteiger partial charge in [0.1, 0.15) is 5.00 Å². The topological polar surface area (TPSA) is 86.1 Å². The fourth-order valence-electron chi connectivity index (χ4n) is 2.48. The summed E-state index contributed by atoms with van der Waals surface area (Å²) in [6, 6.07) is 9.77. The van der Waals surface area contributed by atoms with E-state index in [1.165, 1.54) is 18.4 Å². The second kappa shape index (κ2) is 7.49. The van der Waals surface area contributed by atoms with Crippen LogP contribution >= 0.6 is 11.3 Å². The summed E-state index contributed by atoms with van der Waals surface area (Å²) < 4.78 is 6.41. The van der Waals surface area contributed by atoms with Crippen molar-refractivity contribution in [2.45, 2.75) is 20.4 Å². The number of nitrogens with one attached hydrogen (secondary N) is 1. The van der Waals surface area contributed by atoms with Gasteiger partial charge in [-0.25, -0.2) is 9.48 Å². The van der Waals surface area contributed by atoms with Crippen LogP contribution in [0.3, 0.4) is 0 Å². The van der Waals surface area contributed by atoms with Gasteiger partial charge in [0, 0.05) is 4.88 Å². The third kappa shape index (κ3) is 3.65. The minimum absolute atomic E-state index is 0.181. The van der Waals surface area contributed by atoms with E-state index in [2.05, 4.69) is 15.6 Å². The van der Waals surface area contributed by atoms with Crippen LogP contribution in [0.5, 0.6) is 0 Å². The highest BCUT2D eigenvalue weighted by Crippen LogP contribution is 2.33. The Morgan fingerprint density at radius 2 is 1.96 bits per heavy atom. The first-order chi connectivity index (χ1) is 12.5. The number of esters is 1. The predicted octanol–water partition coefficient (Wildman–Crippen LogP) is 3.04. The lowest BCUT2D eigenvalue weighted by Gasteiger charge is -2.04. The van der Waals surface area contributed by atoms with E-state index in [4.69, 9.17) is 4.74 Å². The summed E-state index contributed by atoms with van der Waals surface area (Å²) >= 11 is 1.33. The molecule has 8 heteroatoms. The summed E-state index contributed by atoms with van der Waals surface area (Å²) in [7, 11) is 1.32. The van der Waals surface area contributed by atoms with E-state index in [-0.39, 0.29) is 5.69 Å². The normalized spacial score (nSPS) is 10.6. The van der Waals surface area contributed by atoms with Crippen LogP contribution in [-0.2, 0) is 11.3 Å². The number of aromatic nitrogens is 3. The molecule has 0 aliphatic heterocycles. The zero-order chi connectivity index (χ0) is 18.7. The van der Waals surface area contributed by atoms with Gasteiger partial charge >= 0.3 is 5.97 Å². The number of hydrogen-bond acceptors (Lipinski definition) is 6. The van der Waals surface area contributed by atoms with Gasteiger partial charge in [0.05, 0.1) is 25.4 Å². The zero-order valence-corrected chi connectivity index (χ0v) is 15.5. The van der Waals surface area contributed by atoms with Crippen molar-refractivity contribution in [1.29, 1.82) is 0 Å². The Hall–Kier alpha value is -3.00. The fraction of sp³-hybridized carbons (Fsp3) is 0.222. The van der Waals surface area contributed by atoms with Gasteiger partial charge in [0.2, 0.25) is 0 Å². The van der Waals surface area contributed by atoms with Gasteiger partial charge in [0.25, 0.3) is 5.91 Å². The Kier molecular flexibility index (Phi) is 5.13. The molecule has 1 amide bonds. The third-order valence-electron chi connectivity index (χ3n) is 3.96. The molecule has 2 heterocycles. The van der Waals surface area contributed by atoms with Gasteiger partial charge in [-0.3, -0.25) is 4.79 Å². The maximum Gasteiger partial charge on any atom is 0.341 e. The molecular weight excluding hydrogens is 352 g/mol. The molecule has 1 N–H and O–H groups in total. The number of ether oxygens (including phenoxy) is 1.